The highest BCUT2D eigenvalue weighted by Crippen LogP contribution is 2.10. The van der Waals surface area contributed by atoms with Crippen LogP contribution in [0.4, 0.5) is 0 Å². The second kappa shape index (κ2) is 4.40. The summed E-state index contributed by atoms with van der Waals surface area (Å²) >= 11 is 1.55. The Morgan fingerprint density at radius 2 is 2.47 bits per heavy atom. The smallest absolute Gasteiger partial charge is 0.164 e. The van der Waals surface area contributed by atoms with Crippen molar-refractivity contribution >= 4 is 17.1 Å². The summed E-state index contributed by atoms with van der Waals surface area (Å²) in [5, 5.41) is 3.81. The summed E-state index contributed by atoms with van der Waals surface area (Å²) in [7, 11) is 1.94. The highest BCUT2D eigenvalue weighted by molar-refractivity contribution is 7.08. The van der Waals surface area contributed by atoms with Gasteiger partial charge >= 0.3 is 0 Å². The monoisotopic (exact) mass is 220 g/mol. The van der Waals surface area contributed by atoms with Crippen LogP contribution in [0, 0.1) is 0 Å². The van der Waals surface area contributed by atoms with E-state index in [1.54, 1.807) is 17.5 Å². The summed E-state index contributed by atoms with van der Waals surface area (Å²) in [5.41, 5.74) is 0.814. The van der Waals surface area contributed by atoms with Crippen molar-refractivity contribution in [3.63, 3.8) is 0 Å². The molecule has 2 aromatic rings. The van der Waals surface area contributed by atoms with Crippen LogP contribution >= 0.6 is 11.3 Å². The van der Waals surface area contributed by atoms with Gasteiger partial charge in [0, 0.05) is 43.2 Å². The van der Waals surface area contributed by atoms with E-state index in [0.717, 1.165) is 11.4 Å². The Labute approximate surface area is 92.4 Å². The Morgan fingerprint density at radius 1 is 1.60 bits per heavy atom. The molecule has 78 valence electrons. The lowest BCUT2D eigenvalue weighted by Crippen LogP contribution is -2.03. The molecule has 0 spiro atoms. The van der Waals surface area contributed by atoms with Crippen molar-refractivity contribution < 1.29 is 4.79 Å². The largest absolute Gasteiger partial charge is 0.338 e. The van der Waals surface area contributed by atoms with Crippen molar-refractivity contribution in [3.8, 4) is 0 Å². The molecule has 0 aliphatic carbocycles. The predicted molar refractivity (Wildman–Crippen MR) is 60.2 cm³/mol. The number of aryl methyl sites for hydroxylation is 2. The normalized spacial score (nSPS) is 10.5. The summed E-state index contributed by atoms with van der Waals surface area (Å²) in [6.07, 6.45) is 4.88. The van der Waals surface area contributed by atoms with E-state index in [4.69, 9.17) is 0 Å². The Morgan fingerprint density at radius 3 is 3.07 bits per heavy atom. The summed E-state index contributed by atoms with van der Waals surface area (Å²) in [6, 6.07) is 1.87. The molecular formula is C11H12N2OS. The number of hydrogen-bond donors (Lipinski definition) is 0. The molecule has 4 heteroatoms. The van der Waals surface area contributed by atoms with E-state index in [2.05, 4.69) is 4.98 Å². The molecular weight excluding hydrogens is 208 g/mol. The van der Waals surface area contributed by atoms with E-state index < -0.39 is 0 Å². The lowest BCUT2D eigenvalue weighted by atomic mass is 10.1. The standard InChI is InChI=1S/C11H12N2OS/c1-13-6-5-12-11(13)3-2-10(14)9-4-7-15-8-9/h4-8H,2-3H2,1H3. The van der Waals surface area contributed by atoms with Gasteiger partial charge in [0.15, 0.2) is 5.78 Å². The van der Waals surface area contributed by atoms with Gasteiger partial charge < -0.3 is 4.57 Å². The van der Waals surface area contributed by atoms with E-state index in [9.17, 15) is 4.79 Å². The molecule has 0 aromatic carbocycles. The molecule has 0 saturated heterocycles. The van der Waals surface area contributed by atoms with Crippen LogP contribution in [0.5, 0.6) is 0 Å². The van der Waals surface area contributed by atoms with Crippen molar-refractivity contribution in [2.24, 2.45) is 7.05 Å². The number of imidazole rings is 1. The zero-order valence-electron chi connectivity index (χ0n) is 8.51. The van der Waals surface area contributed by atoms with Gasteiger partial charge in [-0.2, -0.15) is 11.3 Å². The number of Topliss-reactive ketones (excluding diaryl/α,β-unsaturated/α-hetero) is 1. The Balaban J connectivity index is 1.95. The van der Waals surface area contributed by atoms with Crippen molar-refractivity contribution in [2.45, 2.75) is 12.8 Å². The number of nitrogens with zero attached hydrogens (tertiary/aromatic N) is 2. The van der Waals surface area contributed by atoms with Gasteiger partial charge in [-0.15, -0.1) is 0 Å². The van der Waals surface area contributed by atoms with E-state index in [0.29, 0.717) is 12.8 Å². The van der Waals surface area contributed by atoms with Gasteiger partial charge in [0.05, 0.1) is 0 Å². The first-order chi connectivity index (χ1) is 7.27. The molecule has 2 rings (SSSR count). The van der Waals surface area contributed by atoms with Crippen LogP contribution < -0.4 is 0 Å². The fraction of sp³-hybridized carbons (Fsp3) is 0.273. The quantitative estimate of drug-likeness (QED) is 0.741. The zero-order valence-corrected chi connectivity index (χ0v) is 9.33. The summed E-state index contributed by atoms with van der Waals surface area (Å²) in [5.74, 6) is 1.15. The fourth-order valence-electron chi connectivity index (χ4n) is 1.43. The number of hydrogen-bond acceptors (Lipinski definition) is 3. The van der Waals surface area contributed by atoms with Crippen LogP contribution in [0.1, 0.15) is 22.6 Å². The average molecular weight is 220 g/mol. The number of aromatic nitrogens is 2. The number of carbonyl (C=O) groups excluding carboxylic acids is 1. The van der Waals surface area contributed by atoms with Gasteiger partial charge in [0.2, 0.25) is 0 Å². The molecule has 2 heterocycles. The van der Waals surface area contributed by atoms with E-state index >= 15 is 0 Å². The maximum atomic E-state index is 11.7. The third kappa shape index (κ3) is 2.33. The molecule has 2 aromatic heterocycles. The van der Waals surface area contributed by atoms with Crippen LogP contribution in [-0.2, 0) is 13.5 Å². The first-order valence-corrected chi connectivity index (χ1v) is 5.73. The SMILES string of the molecule is Cn1ccnc1CCC(=O)c1ccsc1. The molecule has 0 N–H and O–H groups in total. The molecule has 0 fully saturated rings. The zero-order chi connectivity index (χ0) is 10.7. The molecule has 0 saturated carbocycles. The maximum Gasteiger partial charge on any atom is 0.164 e. The van der Waals surface area contributed by atoms with Gasteiger partial charge in [-0.1, -0.05) is 0 Å². The first kappa shape index (κ1) is 10.1. The summed E-state index contributed by atoms with van der Waals surface area (Å²) in [6.45, 7) is 0. The number of thiophene rings is 1. The van der Waals surface area contributed by atoms with Crippen LogP contribution in [0.3, 0.4) is 0 Å². The number of rotatable bonds is 4. The summed E-state index contributed by atoms with van der Waals surface area (Å²) in [4.78, 5) is 15.9. The van der Waals surface area contributed by atoms with Gasteiger partial charge in [-0.3, -0.25) is 4.79 Å². The van der Waals surface area contributed by atoms with Crippen LogP contribution in [-0.4, -0.2) is 15.3 Å². The third-order valence-corrected chi connectivity index (χ3v) is 3.02. The molecule has 0 amide bonds. The molecule has 0 aliphatic heterocycles. The van der Waals surface area contributed by atoms with Crippen molar-refractivity contribution in [2.75, 3.05) is 0 Å². The predicted octanol–water partition coefficient (Wildman–Crippen LogP) is 2.30. The minimum atomic E-state index is 0.194. The first-order valence-electron chi connectivity index (χ1n) is 4.79. The number of carbonyl (C=O) groups is 1. The molecule has 15 heavy (non-hydrogen) atoms. The summed E-state index contributed by atoms with van der Waals surface area (Å²) < 4.78 is 1.95. The van der Waals surface area contributed by atoms with Crippen LogP contribution in [0.15, 0.2) is 29.2 Å². The second-order valence-corrected chi connectivity index (χ2v) is 4.17. The maximum absolute atomic E-state index is 11.7. The Hall–Kier alpha value is -1.42. The van der Waals surface area contributed by atoms with E-state index in [-0.39, 0.29) is 5.78 Å². The Kier molecular flexibility index (Phi) is 2.97. The van der Waals surface area contributed by atoms with Gasteiger partial charge in [-0.05, 0) is 11.4 Å². The van der Waals surface area contributed by atoms with Crippen LogP contribution in [0.2, 0.25) is 0 Å². The minimum absolute atomic E-state index is 0.194. The molecule has 0 aliphatic rings. The second-order valence-electron chi connectivity index (χ2n) is 3.39. The van der Waals surface area contributed by atoms with Gasteiger partial charge in [0.25, 0.3) is 0 Å². The lowest BCUT2D eigenvalue weighted by molar-refractivity contribution is 0.0982. The third-order valence-electron chi connectivity index (χ3n) is 2.34. The van der Waals surface area contributed by atoms with Gasteiger partial charge in [0.1, 0.15) is 5.82 Å². The molecule has 3 nitrogen and oxygen atoms in total. The van der Waals surface area contributed by atoms with E-state index in [1.807, 2.05) is 34.6 Å². The minimum Gasteiger partial charge on any atom is -0.338 e. The lowest BCUT2D eigenvalue weighted by Gasteiger charge is -2.00. The fourth-order valence-corrected chi connectivity index (χ4v) is 2.09. The molecule has 0 bridgehead atoms. The van der Waals surface area contributed by atoms with Gasteiger partial charge in [-0.25, -0.2) is 4.98 Å². The van der Waals surface area contributed by atoms with Crippen LogP contribution in [0.25, 0.3) is 0 Å². The Bertz CT molecular complexity index is 445. The van der Waals surface area contributed by atoms with Crippen molar-refractivity contribution in [1.82, 2.24) is 9.55 Å². The van der Waals surface area contributed by atoms with Crippen molar-refractivity contribution in [1.29, 1.82) is 0 Å². The van der Waals surface area contributed by atoms with E-state index in [1.165, 1.54) is 0 Å². The highest BCUT2D eigenvalue weighted by Gasteiger charge is 2.07. The topological polar surface area (TPSA) is 34.9 Å². The molecule has 0 atom stereocenters. The highest BCUT2D eigenvalue weighted by atomic mass is 32.1. The molecule has 0 radical (unpaired) electrons. The van der Waals surface area contributed by atoms with Crippen molar-refractivity contribution in [3.05, 3.63) is 40.6 Å². The number of ketones is 1. The average Bonchev–Trinajstić information content (AvgIpc) is 2.85. The molecule has 0 unspecified atom stereocenters.